The van der Waals surface area contributed by atoms with Crippen molar-refractivity contribution in [2.45, 2.75) is 39.3 Å². The molecule has 0 aromatic carbocycles. The maximum absolute atomic E-state index is 9.74. The minimum Gasteiger partial charge on any atom is -0.389 e. The van der Waals surface area contributed by atoms with Crippen molar-refractivity contribution in [2.24, 2.45) is 0 Å². The maximum atomic E-state index is 9.74. The Morgan fingerprint density at radius 1 is 1.33 bits per heavy atom. The molecular formula is C13H24N4O. The topological polar surface area (TPSA) is 61.3 Å². The van der Waals surface area contributed by atoms with Crippen LogP contribution in [0.25, 0.3) is 0 Å². The van der Waals surface area contributed by atoms with Crippen LogP contribution in [0.3, 0.4) is 0 Å². The Labute approximate surface area is 109 Å². The van der Waals surface area contributed by atoms with E-state index in [2.05, 4.69) is 22.2 Å². The monoisotopic (exact) mass is 252 g/mol. The lowest BCUT2D eigenvalue weighted by Gasteiger charge is -2.25. The number of nitrogens with one attached hydrogen (secondary N) is 1. The molecule has 5 heteroatoms. The standard InChI is InChI=1S/C13H24N4O/c1-5-6-14-7-11-8-15-12(16-9-11)17(4)10-13(2,3)18/h8-9,14,18H,5-7,10H2,1-4H3. The highest BCUT2D eigenvalue weighted by Crippen LogP contribution is 2.10. The Morgan fingerprint density at radius 2 is 1.94 bits per heavy atom. The number of rotatable bonds is 7. The molecule has 1 aromatic heterocycles. The summed E-state index contributed by atoms with van der Waals surface area (Å²) >= 11 is 0. The largest absolute Gasteiger partial charge is 0.389 e. The molecule has 1 aromatic rings. The summed E-state index contributed by atoms with van der Waals surface area (Å²) in [6.45, 7) is 7.97. The zero-order valence-electron chi connectivity index (χ0n) is 11.8. The molecule has 0 bridgehead atoms. The van der Waals surface area contributed by atoms with E-state index >= 15 is 0 Å². The Kier molecular flexibility index (Phi) is 5.50. The van der Waals surface area contributed by atoms with Crippen molar-refractivity contribution in [1.82, 2.24) is 15.3 Å². The van der Waals surface area contributed by atoms with Gasteiger partial charge in [0.25, 0.3) is 0 Å². The van der Waals surface area contributed by atoms with Crippen LogP contribution in [0, 0.1) is 0 Å². The molecule has 18 heavy (non-hydrogen) atoms. The van der Waals surface area contributed by atoms with Crippen molar-refractivity contribution >= 4 is 5.95 Å². The second-order valence-electron chi connectivity index (χ2n) is 5.24. The van der Waals surface area contributed by atoms with E-state index in [0.29, 0.717) is 12.5 Å². The highest BCUT2D eigenvalue weighted by molar-refractivity contribution is 5.29. The maximum Gasteiger partial charge on any atom is 0.225 e. The fraction of sp³-hybridized carbons (Fsp3) is 0.692. The van der Waals surface area contributed by atoms with Crippen molar-refractivity contribution in [3.63, 3.8) is 0 Å². The van der Waals surface area contributed by atoms with E-state index in [0.717, 1.165) is 25.1 Å². The SMILES string of the molecule is CCCNCc1cnc(N(C)CC(C)(C)O)nc1. The first-order chi connectivity index (χ1) is 8.42. The summed E-state index contributed by atoms with van der Waals surface area (Å²) in [5.41, 5.74) is 0.322. The van der Waals surface area contributed by atoms with Gasteiger partial charge in [-0.2, -0.15) is 0 Å². The normalized spacial score (nSPS) is 11.6. The molecule has 0 aliphatic rings. The van der Waals surface area contributed by atoms with Crippen molar-refractivity contribution in [3.05, 3.63) is 18.0 Å². The minimum atomic E-state index is -0.751. The van der Waals surface area contributed by atoms with E-state index in [1.54, 1.807) is 13.8 Å². The molecule has 2 N–H and O–H groups in total. The smallest absolute Gasteiger partial charge is 0.225 e. The molecule has 5 nitrogen and oxygen atoms in total. The van der Waals surface area contributed by atoms with Crippen molar-refractivity contribution < 1.29 is 5.11 Å². The van der Waals surface area contributed by atoms with E-state index in [-0.39, 0.29) is 0 Å². The zero-order valence-corrected chi connectivity index (χ0v) is 11.8. The summed E-state index contributed by atoms with van der Waals surface area (Å²) < 4.78 is 0. The van der Waals surface area contributed by atoms with Gasteiger partial charge < -0.3 is 15.3 Å². The summed E-state index contributed by atoms with van der Waals surface area (Å²) in [6.07, 6.45) is 4.77. The molecular weight excluding hydrogens is 228 g/mol. The average Bonchev–Trinajstić information content (AvgIpc) is 2.28. The first-order valence-electron chi connectivity index (χ1n) is 6.37. The molecule has 0 fully saturated rings. The van der Waals surface area contributed by atoms with Crippen LogP contribution in [-0.2, 0) is 6.54 Å². The van der Waals surface area contributed by atoms with Crippen LogP contribution in [0.5, 0.6) is 0 Å². The summed E-state index contributed by atoms with van der Waals surface area (Å²) in [5.74, 6) is 0.636. The van der Waals surface area contributed by atoms with Crippen LogP contribution in [0.15, 0.2) is 12.4 Å². The lowest BCUT2D eigenvalue weighted by Crippen LogP contribution is -2.37. The van der Waals surface area contributed by atoms with Gasteiger partial charge in [0, 0.05) is 38.1 Å². The molecule has 0 unspecified atom stereocenters. The second-order valence-corrected chi connectivity index (χ2v) is 5.24. The molecule has 0 saturated heterocycles. The first kappa shape index (κ1) is 14.9. The zero-order chi connectivity index (χ0) is 13.6. The summed E-state index contributed by atoms with van der Waals surface area (Å²) in [5, 5.41) is 13.0. The van der Waals surface area contributed by atoms with E-state index < -0.39 is 5.60 Å². The molecule has 0 spiro atoms. The highest BCUT2D eigenvalue weighted by atomic mass is 16.3. The number of aliphatic hydroxyl groups is 1. The van der Waals surface area contributed by atoms with Gasteiger partial charge in [-0.1, -0.05) is 6.92 Å². The molecule has 0 atom stereocenters. The molecule has 0 aliphatic heterocycles. The van der Waals surface area contributed by atoms with E-state index in [1.165, 1.54) is 0 Å². The van der Waals surface area contributed by atoms with Gasteiger partial charge in [-0.25, -0.2) is 9.97 Å². The van der Waals surface area contributed by atoms with Crippen molar-refractivity contribution in [2.75, 3.05) is 25.0 Å². The van der Waals surface area contributed by atoms with Crippen LogP contribution in [0.2, 0.25) is 0 Å². The second kappa shape index (κ2) is 6.66. The average molecular weight is 252 g/mol. The number of hydrogen-bond donors (Lipinski definition) is 2. The number of aromatic nitrogens is 2. The lowest BCUT2D eigenvalue weighted by atomic mass is 10.1. The van der Waals surface area contributed by atoms with Gasteiger partial charge in [0.1, 0.15) is 0 Å². The number of likely N-dealkylation sites (N-methyl/N-ethyl adjacent to an activating group) is 1. The van der Waals surface area contributed by atoms with Gasteiger partial charge in [-0.3, -0.25) is 0 Å². The number of hydrogen-bond acceptors (Lipinski definition) is 5. The fourth-order valence-electron chi connectivity index (χ4n) is 1.70. The van der Waals surface area contributed by atoms with E-state index in [9.17, 15) is 5.11 Å². The van der Waals surface area contributed by atoms with Crippen molar-refractivity contribution in [1.29, 1.82) is 0 Å². The summed E-state index contributed by atoms with van der Waals surface area (Å²) in [7, 11) is 1.88. The Morgan fingerprint density at radius 3 is 2.44 bits per heavy atom. The van der Waals surface area contributed by atoms with Gasteiger partial charge in [0.15, 0.2) is 0 Å². The quantitative estimate of drug-likeness (QED) is 0.714. The van der Waals surface area contributed by atoms with Crippen LogP contribution >= 0.6 is 0 Å². The third-order valence-electron chi connectivity index (χ3n) is 2.41. The molecule has 0 radical (unpaired) electrons. The minimum absolute atomic E-state index is 0.500. The Hall–Kier alpha value is -1.20. The third-order valence-corrected chi connectivity index (χ3v) is 2.41. The molecule has 1 heterocycles. The van der Waals surface area contributed by atoms with Crippen LogP contribution < -0.4 is 10.2 Å². The van der Waals surface area contributed by atoms with Crippen LogP contribution in [0.1, 0.15) is 32.8 Å². The molecule has 102 valence electrons. The lowest BCUT2D eigenvalue weighted by molar-refractivity contribution is 0.0883. The molecule has 0 amide bonds. The van der Waals surface area contributed by atoms with Gasteiger partial charge in [-0.15, -0.1) is 0 Å². The molecule has 0 saturated carbocycles. The molecule has 1 rings (SSSR count). The van der Waals surface area contributed by atoms with E-state index in [4.69, 9.17) is 0 Å². The van der Waals surface area contributed by atoms with Crippen LogP contribution in [0.4, 0.5) is 5.95 Å². The number of anilines is 1. The highest BCUT2D eigenvalue weighted by Gasteiger charge is 2.17. The Balaban J connectivity index is 2.54. The predicted octanol–water partition coefficient (Wildman–Crippen LogP) is 1.18. The first-order valence-corrected chi connectivity index (χ1v) is 6.37. The van der Waals surface area contributed by atoms with Gasteiger partial charge in [-0.05, 0) is 26.8 Å². The number of nitrogens with zero attached hydrogens (tertiary/aromatic N) is 3. The Bertz CT molecular complexity index is 345. The summed E-state index contributed by atoms with van der Waals surface area (Å²) in [6, 6.07) is 0. The van der Waals surface area contributed by atoms with Crippen LogP contribution in [-0.4, -0.2) is 40.8 Å². The van der Waals surface area contributed by atoms with Gasteiger partial charge in [0.2, 0.25) is 5.95 Å². The third kappa shape index (κ3) is 5.42. The van der Waals surface area contributed by atoms with Gasteiger partial charge >= 0.3 is 0 Å². The van der Waals surface area contributed by atoms with Crippen molar-refractivity contribution in [3.8, 4) is 0 Å². The predicted molar refractivity (Wildman–Crippen MR) is 73.6 cm³/mol. The van der Waals surface area contributed by atoms with Gasteiger partial charge in [0.05, 0.1) is 5.60 Å². The summed E-state index contributed by atoms with van der Waals surface area (Å²) in [4.78, 5) is 10.5. The molecule has 0 aliphatic carbocycles. The fourth-order valence-corrected chi connectivity index (χ4v) is 1.70. The van der Waals surface area contributed by atoms with E-state index in [1.807, 2.05) is 24.3 Å².